The molecule has 0 saturated carbocycles. The van der Waals surface area contributed by atoms with E-state index in [0.717, 1.165) is 72.3 Å². The molecule has 2 aromatic rings. The quantitative estimate of drug-likeness (QED) is 0.589. The summed E-state index contributed by atoms with van der Waals surface area (Å²) in [5.74, 6) is 0.771. The van der Waals surface area contributed by atoms with Gasteiger partial charge in [-0.05, 0) is 50.4 Å². The molecule has 3 heterocycles. The molecule has 2 N–H and O–H groups in total. The van der Waals surface area contributed by atoms with Crippen LogP contribution in [0, 0.1) is 0 Å². The topological polar surface area (TPSA) is 64.3 Å². The maximum Gasteiger partial charge on any atom is 0.259 e. The van der Waals surface area contributed by atoms with E-state index in [4.69, 9.17) is 17.2 Å². The summed E-state index contributed by atoms with van der Waals surface area (Å²) in [7, 11) is 0. The number of aromatic amines is 1. The van der Waals surface area contributed by atoms with E-state index in [1.54, 1.807) is 11.3 Å². The highest BCUT2D eigenvalue weighted by atomic mass is 32.1. The van der Waals surface area contributed by atoms with Crippen LogP contribution >= 0.6 is 23.6 Å². The van der Waals surface area contributed by atoms with E-state index in [1.165, 1.54) is 23.3 Å². The van der Waals surface area contributed by atoms with E-state index >= 15 is 0 Å². The molecule has 28 heavy (non-hydrogen) atoms. The van der Waals surface area contributed by atoms with Crippen LogP contribution in [-0.4, -0.2) is 57.6 Å². The number of aromatic nitrogens is 2. The third-order valence-electron chi connectivity index (χ3n) is 5.45. The first kappa shape index (κ1) is 19.5. The zero-order valence-electron chi connectivity index (χ0n) is 16.3. The minimum atomic E-state index is 0.0307. The maximum absolute atomic E-state index is 12.7. The fourth-order valence-electron chi connectivity index (χ4n) is 3.94. The normalized spacial score (nSPS) is 17.5. The Bertz CT molecular complexity index is 955. The molecule has 8 heteroatoms. The van der Waals surface area contributed by atoms with Crippen LogP contribution in [-0.2, 0) is 19.4 Å². The number of aryl methyl sites for hydroxylation is 2. The van der Waals surface area contributed by atoms with Crippen molar-refractivity contribution in [2.75, 3.05) is 32.7 Å². The number of hydrogen-bond acceptors (Lipinski definition) is 5. The van der Waals surface area contributed by atoms with Gasteiger partial charge in [0.05, 0.1) is 11.9 Å². The van der Waals surface area contributed by atoms with Crippen molar-refractivity contribution in [2.45, 2.75) is 39.2 Å². The van der Waals surface area contributed by atoms with Gasteiger partial charge < -0.3 is 15.2 Å². The van der Waals surface area contributed by atoms with Crippen LogP contribution in [0.15, 0.2) is 16.9 Å². The molecule has 1 saturated heterocycles. The lowest BCUT2D eigenvalue weighted by molar-refractivity contribution is 0.171. The van der Waals surface area contributed by atoms with Gasteiger partial charge in [-0.15, -0.1) is 11.3 Å². The first-order valence-electron chi connectivity index (χ1n) is 9.94. The molecule has 0 radical (unpaired) electrons. The molecule has 4 rings (SSSR count). The number of piperazine rings is 1. The number of thiophene rings is 1. The largest absolute Gasteiger partial charge is 0.359 e. The highest BCUT2D eigenvalue weighted by molar-refractivity contribution is 7.80. The summed E-state index contributed by atoms with van der Waals surface area (Å²) in [4.78, 5) is 27.3. The Morgan fingerprint density at radius 1 is 1.29 bits per heavy atom. The van der Waals surface area contributed by atoms with Gasteiger partial charge in [-0.1, -0.05) is 12.2 Å². The lowest BCUT2D eigenvalue weighted by Crippen LogP contribution is -2.51. The van der Waals surface area contributed by atoms with Gasteiger partial charge in [0, 0.05) is 37.6 Å². The molecule has 150 valence electrons. The molecular weight excluding hydrogens is 390 g/mol. The van der Waals surface area contributed by atoms with Crippen molar-refractivity contribution in [2.24, 2.45) is 0 Å². The van der Waals surface area contributed by atoms with Crippen LogP contribution in [0.2, 0.25) is 0 Å². The summed E-state index contributed by atoms with van der Waals surface area (Å²) in [5.41, 5.74) is 2.35. The van der Waals surface area contributed by atoms with Crippen LogP contribution < -0.4 is 10.9 Å². The van der Waals surface area contributed by atoms with Crippen molar-refractivity contribution < 1.29 is 0 Å². The Kier molecular flexibility index (Phi) is 5.80. The van der Waals surface area contributed by atoms with Crippen molar-refractivity contribution in [3.8, 4) is 0 Å². The van der Waals surface area contributed by atoms with Crippen molar-refractivity contribution in [1.29, 1.82) is 0 Å². The van der Waals surface area contributed by atoms with E-state index in [9.17, 15) is 4.79 Å². The standard InChI is InChI=1S/C20H27N5OS2/c1-13(2)11-21-20(27)25-9-7-24(8-10-25)12-16-22-18(26)17-14-5-3-4-6-15(14)28-19(17)23-16/h1,3-12H2,2H3,(H,21,27)(H,22,23,26). The van der Waals surface area contributed by atoms with Gasteiger partial charge >= 0.3 is 0 Å². The van der Waals surface area contributed by atoms with E-state index in [1.807, 2.05) is 6.92 Å². The average molecular weight is 418 g/mol. The minimum absolute atomic E-state index is 0.0307. The molecule has 2 aromatic heterocycles. The predicted molar refractivity (Wildman–Crippen MR) is 119 cm³/mol. The van der Waals surface area contributed by atoms with Crippen LogP contribution in [0.4, 0.5) is 0 Å². The fourth-order valence-corrected chi connectivity index (χ4v) is 5.48. The zero-order chi connectivity index (χ0) is 19.7. The molecule has 1 aliphatic carbocycles. The van der Waals surface area contributed by atoms with Crippen molar-refractivity contribution >= 4 is 38.9 Å². The van der Waals surface area contributed by atoms with Gasteiger partial charge in [-0.2, -0.15) is 0 Å². The van der Waals surface area contributed by atoms with Crippen LogP contribution in [0.25, 0.3) is 10.2 Å². The lowest BCUT2D eigenvalue weighted by atomic mass is 9.97. The summed E-state index contributed by atoms with van der Waals surface area (Å²) in [6.45, 7) is 10.8. The van der Waals surface area contributed by atoms with Crippen LogP contribution in [0.5, 0.6) is 0 Å². The molecule has 1 aliphatic heterocycles. The zero-order valence-corrected chi connectivity index (χ0v) is 18.0. The SMILES string of the molecule is C=C(C)CNC(=S)N1CCN(Cc2nc3sc4c(c3c(=O)[nH]2)CCCC4)CC1. The molecule has 0 bridgehead atoms. The molecule has 0 atom stereocenters. The molecule has 2 aliphatic rings. The summed E-state index contributed by atoms with van der Waals surface area (Å²) in [6.07, 6.45) is 4.50. The number of H-pyrrole nitrogens is 1. The van der Waals surface area contributed by atoms with Crippen molar-refractivity contribution in [3.05, 3.63) is 38.8 Å². The maximum atomic E-state index is 12.7. The number of hydrogen-bond donors (Lipinski definition) is 2. The number of nitrogens with one attached hydrogen (secondary N) is 2. The summed E-state index contributed by atoms with van der Waals surface area (Å²) in [6, 6.07) is 0. The van der Waals surface area contributed by atoms with Gasteiger partial charge in [-0.25, -0.2) is 4.98 Å². The molecule has 0 aromatic carbocycles. The van der Waals surface area contributed by atoms with Gasteiger partial charge in [0.15, 0.2) is 5.11 Å². The van der Waals surface area contributed by atoms with Crippen molar-refractivity contribution in [3.63, 3.8) is 0 Å². The Labute approximate surface area is 174 Å². The molecular formula is C20H27N5OS2. The number of nitrogens with zero attached hydrogens (tertiary/aromatic N) is 3. The Hall–Kier alpha value is -1.77. The first-order chi connectivity index (χ1) is 13.5. The molecule has 6 nitrogen and oxygen atoms in total. The third-order valence-corrected chi connectivity index (χ3v) is 7.04. The Balaban J connectivity index is 1.40. The number of rotatable bonds is 4. The van der Waals surface area contributed by atoms with Gasteiger partial charge in [0.2, 0.25) is 0 Å². The summed E-state index contributed by atoms with van der Waals surface area (Å²) in [5, 5.41) is 4.88. The molecule has 0 spiro atoms. The summed E-state index contributed by atoms with van der Waals surface area (Å²) < 4.78 is 0. The highest BCUT2D eigenvalue weighted by Crippen LogP contribution is 2.33. The van der Waals surface area contributed by atoms with E-state index in [0.29, 0.717) is 6.54 Å². The van der Waals surface area contributed by atoms with Crippen LogP contribution in [0.3, 0.4) is 0 Å². The molecule has 0 unspecified atom stereocenters. The predicted octanol–water partition coefficient (Wildman–Crippen LogP) is 2.43. The average Bonchev–Trinajstić information content (AvgIpc) is 3.05. The van der Waals surface area contributed by atoms with Crippen LogP contribution in [0.1, 0.15) is 36.0 Å². The lowest BCUT2D eigenvalue weighted by Gasteiger charge is -2.36. The smallest absolute Gasteiger partial charge is 0.259 e. The fraction of sp³-hybridized carbons (Fsp3) is 0.550. The van der Waals surface area contributed by atoms with Gasteiger partial charge in [-0.3, -0.25) is 9.69 Å². The van der Waals surface area contributed by atoms with E-state index in [2.05, 4.69) is 26.7 Å². The van der Waals surface area contributed by atoms with E-state index < -0.39 is 0 Å². The molecule has 1 fully saturated rings. The van der Waals surface area contributed by atoms with Gasteiger partial charge in [0.1, 0.15) is 10.7 Å². The Morgan fingerprint density at radius 2 is 2.04 bits per heavy atom. The second-order valence-corrected chi connectivity index (χ2v) is 9.25. The second-order valence-electron chi connectivity index (χ2n) is 7.78. The van der Waals surface area contributed by atoms with Crippen molar-refractivity contribution in [1.82, 2.24) is 25.1 Å². The monoisotopic (exact) mass is 417 g/mol. The first-order valence-corrected chi connectivity index (χ1v) is 11.2. The minimum Gasteiger partial charge on any atom is -0.359 e. The third kappa shape index (κ3) is 4.14. The number of fused-ring (bicyclic) bond motifs is 3. The highest BCUT2D eigenvalue weighted by Gasteiger charge is 2.22. The number of thiocarbonyl (C=S) groups is 1. The van der Waals surface area contributed by atoms with E-state index in [-0.39, 0.29) is 5.56 Å². The Morgan fingerprint density at radius 3 is 2.79 bits per heavy atom. The molecule has 0 amide bonds. The summed E-state index contributed by atoms with van der Waals surface area (Å²) >= 11 is 7.18. The van der Waals surface area contributed by atoms with Gasteiger partial charge in [0.25, 0.3) is 5.56 Å². The second kappa shape index (κ2) is 8.31.